The molecule has 0 unspecified atom stereocenters. The molecule has 0 spiro atoms. The lowest BCUT2D eigenvalue weighted by Crippen LogP contribution is -2.11. The van der Waals surface area contributed by atoms with Gasteiger partial charge in [-0.3, -0.25) is 0 Å². The van der Waals surface area contributed by atoms with Gasteiger partial charge in [0, 0.05) is 27.7 Å². The van der Waals surface area contributed by atoms with E-state index in [0.29, 0.717) is 0 Å². The molecule has 0 radical (unpaired) electrons. The van der Waals surface area contributed by atoms with Gasteiger partial charge in [0.05, 0.1) is 5.69 Å². The van der Waals surface area contributed by atoms with E-state index in [9.17, 15) is 0 Å². The van der Waals surface area contributed by atoms with Crippen LogP contribution < -0.4 is 4.90 Å². The summed E-state index contributed by atoms with van der Waals surface area (Å²) < 4.78 is 6.10. The number of anilines is 3. The van der Waals surface area contributed by atoms with Crippen LogP contribution in [0.4, 0.5) is 17.1 Å². The monoisotopic (exact) mass is 613 g/mol. The maximum absolute atomic E-state index is 6.10. The third-order valence-electron chi connectivity index (χ3n) is 9.26. The van der Waals surface area contributed by atoms with Gasteiger partial charge in [-0.05, 0) is 93.2 Å². The number of fused-ring (bicyclic) bond motifs is 4. The van der Waals surface area contributed by atoms with Crippen molar-refractivity contribution >= 4 is 49.8 Å². The third-order valence-corrected chi connectivity index (χ3v) is 9.26. The second-order valence-electron chi connectivity index (χ2n) is 12.2. The van der Waals surface area contributed by atoms with Gasteiger partial charge in [-0.2, -0.15) is 0 Å². The Balaban J connectivity index is 1.19. The zero-order valence-corrected chi connectivity index (χ0v) is 26.3. The summed E-state index contributed by atoms with van der Waals surface area (Å²) in [6.45, 7) is 0. The first kappa shape index (κ1) is 27.9. The normalized spacial score (nSPS) is 11.3. The summed E-state index contributed by atoms with van der Waals surface area (Å²) in [6.07, 6.45) is 0. The number of para-hydroxylation sites is 2. The maximum atomic E-state index is 6.10. The van der Waals surface area contributed by atoms with E-state index < -0.39 is 0 Å². The summed E-state index contributed by atoms with van der Waals surface area (Å²) in [7, 11) is 0. The van der Waals surface area contributed by atoms with Crippen molar-refractivity contribution in [1.82, 2.24) is 0 Å². The molecule has 2 nitrogen and oxygen atoms in total. The van der Waals surface area contributed by atoms with Gasteiger partial charge in [-0.15, -0.1) is 0 Å². The Labute approximate surface area is 279 Å². The molecule has 1 heterocycles. The van der Waals surface area contributed by atoms with Crippen molar-refractivity contribution in [2.45, 2.75) is 0 Å². The molecule has 48 heavy (non-hydrogen) atoms. The Morgan fingerprint density at radius 3 is 1.75 bits per heavy atom. The van der Waals surface area contributed by atoms with Gasteiger partial charge < -0.3 is 9.32 Å². The molecule has 0 atom stereocenters. The Morgan fingerprint density at radius 2 is 0.917 bits per heavy atom. The standard InChI is InChI=1S/C46H31NO/c1-3-12-34(13-4-1)41-27-23-38(36-20-19-32-11-7-8-14-35(32)29-36)31-44(41)47(39-15-5-2-6-16-39)40-25-21-33(22-26-40)37-24-28-46-43(30-37)42-17-9-10-18-45(42)48-46/h1-31H. The van der Waals surface area contributed by atoms with Crippen LogP contribution in [0.25, 0.3) is 66.1 Å². The Morgan fingerprint density at radius 1 is 0.333 bits per heavy atom. The van der Waals surface area contributed by atoms with E-state index in [4.69, 9.17) is 4.42 Å². The van der Waals surface area contributed by atoms with Crippen LogP contribution in [0.15, 0.2) is 192 Å². The molecule has 8 aromatic carbocycles. The number of furan rings is 1. The molecule has 0 saturated carbocycles. The quantitative estimate of drug-likeness (QED) is 0.185. The molecule has 0 amide bonds. The lowest BCUT2D eigenvalue weighted by Gasteiger charge is -2.29. The summed E-state index contributed by atoms with van der Waals surface area (Å²) >= 11 is 0. The van der Waals surface area contributed by atoms with Crippen molar-refractivity contribution < 1.29 is 4.42 Å². The topological polar surface area (TPSA) is 16.4 Å². The summed E-state index contributed by atoms with van der Waals surface area (Å²) in [5.41, 5.74) is 12.2. The van der Waals surface area contributed by atoms with E-state index in [2.05, 4.69) is 181 Å². The molecule has 2 heteroatoms. The highest BCUT2D eigenvalue weighted by Gasteiger charge is 2.19. The van der Waals surface area contributed by atoms with Gasteiger partial charge in [-0.1, -0.05) is 133 Å². The van der Waals surface area contributed by atoms with Crippen molar-refractivity contribution in [3.63, 3.8) is 0 Å². The third kappa shape index (κ3) is 5.01. The van der Waals surface area contributed by atoms with E-state index in [1.54, 1.807) is 0 Å². The van der Waals surface area contributed by atoms with E-state index in [1.165, 1.54) is 33.0 Å². The van der Waals surface area contributed by atoms with Gasteiger partial charge >= 0.3 is 0 Å². The fraction of sp³-hybridized carbons (Fsp3) is 0. The average molecular weight is 614 g/mol. The van der Waals surface area contributed by atoms with Crippen LogP contribution in [-0.2, 0) is 0 Å². The molecule has 0 saturated heterocycles. The first-order chi connectivity index (χ1) is 23.8. The Kier molecular flexibility index (Phi) is 6.84. The van der Waals surface area contributed by atoms with Crippen molar-refractivity contribution in [2.24, 2.45) is 0 Å². The van der Waals surface area contributed by atoms with Crippen molar-refractivity contribution in [3.05, 3.63) is 188 Å². The molecule has 1 aromatic heterocycles. The SMILES string of the molecule is c1ccc(-c2ccc(-c3ccc4ccccc4c3)cc2N(c2ccccc2)c2ccc(-c3ccc4oc5ccccc5c4c3)cc2)cc1. The van der Waals surface area contributed by atoms with Crippen LogP contribution in [0, 0.1) is 0 Å². The molecular formula is C46H31NO. The summed E-state index contributed by atoms with van der Waals surface area (Å²) in [4.78, 5) is 2.38. The maximum Gasteiger partial charge on any atom is 0.135 e. The Bertz CT molecular complexity index is 2550. The minimum atomic E-state index is 0.909. The van der Waals surface area contributed by atoms with Crippen LogP contribution in [0.3, 0.4) is 0 Å². The zero-order valence-electron chi connectivity index (χ0n) is 26.3. The van der Waals surface area contributed by atoms with Crippen LogP contribution in [0.1, 0.15) is 0 Å². The number of hydrogen-bond acceptors (Lipinski definition) is 2. The fourth-order valence-electron chi connectivity index (χ4n) is 6.84. The smallest absolute Gasteiger partial charge is 0.135 e. The van der Waals surface area contributed by atoms with E-state index in [1.807, 2.05) is 12.1 Å². The van der Waals surface area contributed by atoms with Gasteiger partial charge in [0.15, 0.2) is 0 Å². The minimum absolute atomic E-state index is 0.909. The predicted molar refractivity (Wildman–Crippen MR) is 202 cm³/mol. The number of nitrogens with zero attached hydrogens (tertiary/aromatic N) is 1. The van der Waals surface area contributed by atoms with Gasteiger partial charge in [0.25, 0.3) is 0 Å². The molecule has 0 bridgehead atoms. The van der Waals surface area contributed by atoms with E-state index in [-0.39, 0.29) is 0 Å². The van der Waals surface area contributed by atoms with Gasteiger partial charge in [0.1, 0.15) is 11.2 Å². The summed E-state index contributed by atoms with van der Waals surface area (Å²) in [5.74, 6) is 0. The fourth-order valence-corrected chi connectivity index (χ4v) is 6.84. The van der Waals surface area contributed by atoms with Gasteiger partial charge in [-0.25, -0.2) is 0 Å². The first-order valence-corrected chi connectivity index (χ1v) is 16.3. The first-order valence-electron chi connectivity index (χ1n) is 16.3. The molecule has 0 aliphatic rings. The molecular weight excluding hydrogens is 583 g/mol. The molecule has 9 aromatic rings. The molecule has 0 aliphatic carbocycles. The highest BCUT2D eigenvalue weighted by Crippen LogP contribution is 2.43. The van der Waals surface area contributed by atoms with Crippen LogP contribution in [0.2, 0.25) is 0 Å². The molecule has 0 aliphatic heterocycles. The summed E-state index contributed by atoms with van der Waals surface area (Å²) in [6, 6.07) is 67.1. The lowest BCUT2D eigenvalue weighted by molar-refractivity contribution is 0.669. The molecule has 9 rings (SSSR count). The average Bonchev–Trinajstić information content (AvgIpc) is 3.54. The highest BCUT2D eigenvalue weighted by molar-refractivity contribution is 6.06. The van der Waals surface area contributed by atoms with E-state index >= 15 is 0 Å². The van der Waals surface area contributed by atoms with Crippen molar-refractivity contribution in [1.29, 1.82) is 0 Å². The largest absolute Gasteiger partial charge is 0.456 e. The second-order valence-corrected chi connectivity index (χ2v) is 12.2. The number of benzene rings is 8. The number of rotatable bonds is 6. The van der Waals surface area contributed by atoms with E-state index in [0.717, 1.165) is 50.1 Å². The summed E-state index contributed by atoms with van der Waals surface area (Å²) in [5, 5.41) is 4.76. The van der Waals surface area contributed by atoms with Crippen LogP contribution in [0.5, 0.6) is 0 Å². The lowest BCUT2D eigenvalue weighted by atomic mass is 9.95. The van der Waals surface area contributed by atoms with Crippen LogP contribution in [-0.4, -0.2) is 0 Å². The Hall–Kier alpha value is -6.38. The van der Waals surface area contributed by atoms with Gasteiger partial charge in [0.2, 0.25) is 0 Å². The van der Waals surface area contributed by atoms with Crippen molar-refractivity contribution in [2.75, 3.05) is 4.90 Å². The number of hydrogen-bond donors (Lipinski definition) is 0. The predicted octanol–water partition coefficient (Wildman–Crippen LogP) is 13.2. The minimum Gasteiger partial charge on any atom is -0.456 e. The van der Waals surface area contributed by atoms with Crippen molar-refractivity contribution in [3.8, 4) is 33.4 Å². The zero-order chi connectivity index (χ0) is 31.9. The second kappa shape index (κ2) is 11.8. The van der Waals surface area contributed by atoms with Crippen LogP contribution >= 0.6 is 0 Å². The molecule has 0 N–H and O–H groups in total. The molecule has 226 valence electrons. The molecule has 0 fully saturated rings. The highest BCUT2D eigenvalue weighted by atomic mass is 16.3.